The Morgan fingerprint density at radius 3 is 2.11 bits per heavy atom. The van der Waals surface area contributed by atoms with Gasteiger partial charge in [-0.15, -0.1) is 0 Å². The van der Waals surface area contributed by atoms with Gasteiger partial charge in [0, 0.05) is 18.3 Å². The van der Waals surface area contributed by atoms with E-state index >= 15 is 0 Å². The number of hydrogen-bond donors (Lipinski definition) is 1. The Balaban J connectivity index is 1.88. The molecule has 4 rings (SSSR count). The SMILES string of the molecule is Cc1cn([C@@H]2O[C@]34CO[Si](C(C)C)(C(C)C)O[Si](C(C)C)(C(C)C)O[C@H]3[C@H]2N(C)C4)c(=O)[nH]c1=O. The summed E-state index contributed by atoms with van der Waals surface area (Å²) < 4.78 is 29.9. The van der Waals surface area contributed by atoms with E-state index < -0.39 is 34.6 Å². The molecule has 1 aromatic heterocycles. The van der Waals surface area contributed by atoms with Gasteiger partial charge in [0.05, 0.1) is 18.8 Å². The lowest BCUT2D eigenvalue weighted by Crippen LogP contribution is -2.67. The lowest BCUT2D eigenvalue weighted by molar-refractivity contribution is -0.154. The molecule has 0 radical (unpaired) electrons. The molecule has 11 heteroatoms. The number of hydrogen-bond acceptors (Lipinski definition) is 7. The first-order chi connectivity index (χ1) is 16.2. The maximum absolute atomic E-state index is 12.9. The van der Waals surface area contributed by atoms with Crippen LogP contribution in [0.25, 0.3) is 0 Å². The molecule has 2 bridgehead atoms. The van der Waals surface area contributed by atoms with E-state index in [1.165, 1.54) is 4.57 Å². The number of likely N-dealkylation sites (N-methyl/N-ethyl adjacent to an activating group) is 1. The summed E-state index contributed by atoms with van der Waals surface area (Å²) in [5.41, 5.74) is -0.234. The Bertz CT molecular complexity index is 1050. The van der Waals surface area contributed by atoms with Gasteiger partial charge in [-0.3, -0.25) is 19.2 Å². The third-order valence-electron chi connectivity index (χ3n) is 8.31. The summed E-state index contributed by atoms with van der Waals surface area (Å²) in [4.78, 5) is 29.5. The molecule has 198 valence electrons. The highest BCUT2D eigenvalue weighted by molar-refractivity contribution is 6.84. The number of morpholine rings is 1. The Hall–Kier alpha value is -1.09. The fourth-order valence-electron chi connectivity index (χ4n) is 6.42. The fraction of sp³-hybridized carbons (Fsp3) is 0.833. The van der Waals surface area contributed by atoms with E-state index in [2.05, 4.69) is 65.3 Å². The molecular weight excluding hydrogens is 482 g/mol. The van der Waals surface area contributed by atoms with Crippen LogP contribution in [0.5, 0.6) is 0 Å². The van der Waals surface area contributed by atoms with Crippen molar-refractivity contribution < 1.29 is 17.7 Å². The van der Waals surface area contributed by atoms with Crippen molar-refractivity contribution in [2.45, 2.75) is 108 Å². The second-order valence-corrected chi connectivity index (χ2v) is 20.8. The van der Waals surface area contributed by atoms with E-state index in [0.717, 1.165) is 0 Å². The molecular formula is C24H43N3O6Si2. The number of likely N-dealkylation sites (tertiary alicyclic amines) is 1. The predicted molar refractivity (Wildman–Crippen MR) is 139 cm³/mol. The van der Waals surface area contributed by atoms with Crippen molar-refractivity contribution in [2.24, 2.45) is 0 Å². The minimum absolute atomic E-state index is 0.201. The molecule has 0 unspecified atom stereocenters. The van der Waals surface area contributed by atoms with Crippen molar-refractivity contribution in [1.29, 1.82) is 0 Å². The normalized spacial score (nSPS) is 32.5. The van der Waals surface area contributed by atoms with E-state index in [4.69, 9.17) is 17.7 Å². The van der Waals surface area contributed by atoms with Gasteiger partial charge in [-0.2, -0.15) is 0 Å². The molecule has 4 atom stereocenters. The summed E-state index contributed by atoms with van der Waals surface area (Å²) in [5.74, 6) is 0. The third kappa shape index (κ3) is 3.98. The number of nitrogens with one attached hydrogen (secondary N) is 1. The summed E-state index contributed by atoms with van der Waals surface area (Å²) >= 11 is 0. The third-order valence-corrected chi connectivity index (χ3v) is 18.5. The molecule has 0 saturated carbocycles. The lowest BCUT2D eigenvalue weighted by Gasteiger charge is -2.52. The van der Waals surface area contributed by atoms with Gasteiger partial charge < -0.3 is 17.7 Å². The van der Waals surface area contributed by atoms with Crippen LogP contribution in [0.1, 0.15) is 67.2 Å². The number of aromatic amines is 1. The quantitative estimate of drug-likeness (QED) is 0.589. The topological polar surface area (TPSA) is 95.0 Å². The van der Waals surface area contributed by atoms with E-state index in [1.807, 2.05) is 7.05 Å². The van der Waals surface area contributed by atoms with Gasteiger partial charge in [0.15, 0.2) is 6.23 Å². The van der Waals surface area contributed by atoms with E-state index in [-0.39, 0.29) is 39.9 Å². The zero-order chi connectivity index (χ0) is 26.1. The van der Waals surface area contributed by atoms with Crippen LogP contribution in [0.3, 0.4) is 0 Å². The van der Waals surface area contributed by atoms with Gasteiger partial charge in [0.25, 0.3) is 5.56 Å². The molecule has 35 heavy (non-hydrogen) atoms. The molecule has 3 aliphatic heterocycles. The minimum Gasteiger partial charge on any atom is -0.414 e. The number of ether oxygens (including phenoxy) is 1. The first-order valence-electron chi connectivity index (χ1n) is 12.9. The summed E-state index contributed by atoms with van der Waals surface area (Å²) in [5, 5.41) is 0. The molecule has 9 nitrogen and oxygen atoms in total. The fourth-order valence-corrected chi connectivity index (χ4v) is 17.7. The number of rotatable bonds is 5. The van der Waals surface area contributed by atoms with Crippen molar-refractivity contribution in [1.82, 2.24) is 14.5 Å². The predicted octanol–water partition coefficient (Wildman–Crippen LogP) is 3.38. The lowest BCUT2D eigenvalue weighted by atomic mass is 10.0. The van der Waals surface area contributed by atoms with Crippen LogP contribution in [0.4, 0.5) is 0 Å². The van der Waals surface area contributed by atoms with Crippen LogP contribution in [0, 0.1) is 6.92 Å². The van der Waals surface area contributed by atoms with Crippen LogP contribution in [0.15, 0.2) is 15.8 Å². The van der Waals surface area contributed by atoms with Gasteiger partial charge in [-0.05, 0) is 36.1 Å². The molecule has 0 aliphatic carbocycles. The van der Waals surface area contributed by atoms with E-state index in [1.54, 1.807) is 13.1 Å². The average Bonchev–Trinajstić information content (AvgIpc) is 3.17. The first kappa shape index (κ1) is 27.0. The molecule has 0 spiro atoms. The molecule has 3 aliphatic rings. The number of H-pyrrole nitrogens is 1. The second-order valence-electron chi connectivity index (χ2n) is 11.9. The smallest absolute Gasteiger partial charge is 0.335 e. The molecule has 0 aromatic carbocycles. The monoisotopic (exact) mass is 525 g/mol. The molecule has 4 heterocycles. The Morgan fingerprint density at radius 1 is 1.00 bits per heavy atom. The Kier molecular flexibility index (Phi) is 6.96. The van der Waals surface area contributed by atoms with Crippen LogP contribution in [0.2, 0.25) is 22.2 Å². The van der Waals surface area contributed by atoms with Gasteiger partial charge in [-0.25, -0.2) is 4.79 Å². The van der Waals surface area contributed by atoms with Crippen LogP contribution in [-0.4, -0.2) is 69.5 Å². The second kappa shape index (κ2) is 9.03. The average molecular weight is 526 g/mol. The molecule has 1 aromatic rings. The van der Waals surface area contributed by atoms with Gasteiger partial charge >= 0.3 is 22.8 Å². The maximum Gasteiger partial charge on any atom is 0.335 e. The minimum atomic E-state index is -2.82. The summed E-state index contributed by atoms with van der Waals surface area (Å²) in [6, 6.07) is -0.207. The van der Waals surface area contributed by atoms with Crippen LogP contribution >= 0.6 is 0 Å². The molecule has 3 fully saturated rings. The van der Waals surface area contributed by atoms with Gasteiger partial charge in [0.1, 0.15) is 5.60 Å². The van der Waals surface area contributed by atoms with Gasteiger partial charge in [-0.1, -0.05) is 55.4 Å². The van der Waals surface area contributed by atoms with Crippen molar-refractivity contribution in [3.63, 3.8) is 0 Å². The Morgan fingerprint density at radius 2 is 1.57 bits per heavy atom. The van der Waals surface area contributed by atoms with Crippen molar-refractivity contribution in [3.8, 4) is 0 Å². The standard InChI is InChI=1S/C24H43N3O6Si2/c1-14(2)34(15(3)4)30-13-24-12-26(10)19(20(24)32-35(33-34,16(5)6)17(7)8)22(31-24)27-11-18(9)21(28)25-23(27)29/h11,14-17,19-20,22H,12-13H2,1-10H3,(H,25,28,29)/t19-,20+,22-,24-/m1/s1. The zero-order valence-electron chi connectivity index (χ0n) is 22.9. The zero-order valence-corrected chi connectivity index (χ0v) is 24.9. The highest BCUT2D eigenvalue weighted by atomic mass is 28.5. The number of aromatic nitrogens is 2. The molecule has 0 amide bonds. The Labute approximate surface area is 210 Å². The highest BCUT2D eigenvalue weighted by Gasteiger charge is 2.70. The maximum atomic E-state index is 12.9. The summed E-state index contributed by atoms with van der Waals surface area (Å²) in [7, 11) is -3.49. The van der Waals surface area contributed by atoms with Gasteiger partial charge in [0.2, 0.25) is 0 Å². The van der Waals surface area contributed by atoms with Crippen LogP contribution in [-0.2, 0) is 17.7 Å². The van der Waals surface area contributed by atoms with Crippen molar-refractivity contribution in [2.75, 3.05) is 20.2 Å². The van der Waals surface area contributed by atoms with E-state index in [0.29, 0.717) is 18.7 Å². The molecule has 3 saturated heterocycles. The largest absolute Gasteiger partial charge is 0.414 e. The summed E-state index contributed by atoms with van der Waals surface area (Å²) in [6.07, 6.45) is 0.696. The van der Waals surface area contributed by atoms with Crippen molar-refractivity contribution >= 4 is 17.1 Å². The van der Waals surface area contributed by atoms with Crippen molar-refractivity contribution in [3.05, 3.63) is 32.6 Å². The van der Waals surface area contributed by atoms with Crippen LogP contribution < -0.4 is 11.2 Å². The number of aryl methyl sites for hydroxylation is 1. The first-order valence-corrected chi connectivity index (χ1v) is 16.9. The highest BCUT2D eigenvalue weighted by Crippen LogP contribution is 2.54. The summed E-state index contributed by atoms with van der Waals surface area (Å²) in [6.45, 7) is 20.3. The number of nitrogens with zero attached hydrogens (tertiary/aromatic N) is 2. The molecule has 1 N–H and O–H groups in total. The van der Waals surface area contributed by atoms with E-state index in [9.17, 15) is 9.59 Å².